The molecule has 0 atom stereocenters. The SMILES string of the molecule is C=C1C(Br)=C(C)N=C(c2cccc(OC)c2)N1CCc1ccccc1. The minimum Gasteiger partial charge on any atom is -0.497 e. The summed E-state index contributed by atoms with van der Waals surface area (Å²) in [5, 5.41) is 0. The second kappa shape index (κ2) is 7.70. The van der Waals surface area contributed by atoms with Crippen LogP contribution in [0.2, 0.25) is 0 Å². The lowest BCUT2D eigenvalue weighted by Gasteiger charge is -2.32. The van der Waals surface area contributed by atoms with Gasteiger partial charge in [0.15, 0.2) is 0 Å². The molecule has 0 spiro atoms. The first-order valence-electron chi connectivity index (χ1n) is 8.20. The van der Waals surface area contributed by atoms with Crippen LogP contribution in [0.1, 0.15) is 18.1 Å². The fraction of sp³-hybridized carbons (Fsp3) is 0.190. The number of hydrogen-bond acceptors (Lipinski definition) is 3. The van der Waals surface area contributed by atoms with Crippen LogP contribution in [0, 0.1) is 0 Å². The molecule has 0 radical (unpaired) electrons. The lowest BCUT2D eigenvalue weighted by atomic mass is 10.1. The van der Waals surface area contributed by atoms with Gasteiger partial charge in [0.1, 0.15) is 11.6 Å². The van der Waals surface area contributed by atoms with Gasteiger partial charge in [-0.15, -0.1) is 0 Å². The third-order valence-corrected chi connectivity index (χ3v) is 5.25. The molecule has 2 aromatic rings. The normalized spacial score (nSPS) is 14.6. The molecule has 25 heavy (non-hydrogen) atoms. The standard InChI is InChI=1S/C21H21BrN2O/c1-15-20(22)16(2)24(13-12-17-8-5-4-6-9-17)21(23-15)18-10-7-11-19(14-18)25-3/h4-11,14H,2,12-13H2,1,3H3. The van der Waals surface area contributed by atoms with Crippen LogP contribution in [-0.2, 0) is 6.42 Å². The van der Waals surface area contributed by atoms with Crippen LogP contribution in [-0.4, -0.2) is 24.4 Å². The van der Waals surface area contributed by atoms with E-state index in [1.54, 1.807) is 7.11 Å². The summed E-state index contributed by atoms with van der Waals surface area (Å²) < 4.78 is 6.32. The molecule has 0 aliphatic carbocycles. The van der Waals surface area contributed by atoms with Crippen LogP contribution < -0.4 is 4.74 Å². The average Bonchev–Trinajstić information content (AvgIpc) is 2.66. The van der Waals surface area contributed by atoms with Gasteiger partial charge >= 0.3 is 0 Å². The largest absolute Gasteiger partial charge is 0.497 e. The maximum atomic E-state index is 5.37. The van der Waals surface area contributed by atoms with Crippen molar-refractivity contribution in [2.24, 2.45) is 4.99 Å². The highest BCUT2D eigenvalue weighted by atomic mass is 79.9. The predicted molar refractivity (Wildman–Crippen MR) is 107 cm³/mol. The summed E-state index contributed by atoms with van der Waals surface area (Å²) in [5.74, 6) is 1.72. The topological polar surface area (TPSA) is 24.8 Å². The molecule has 1 aliphatic heterocycles. The molecule has 1 aliphatic rings. The van der Waals surface area contributed by atoms with Crippen molar-refractivity contribution < 1.29 is 4.74 Å². The van der Waals surface area contributed by atoms with Gasteiger partial charge in [0.05, 0.1) is 23.0 Å². The second-order valence-corrected chi connectivity index (χ2v) is 6.69. The minimum atomic E-state index is 0.807. The number of nitrogens with zero attached hydrogens (tertiary/aromatic N) is 2. The molecule has 2 aromatic carbocycles. The fourth-order valence-electron chi connectivity index (χ4n) is 2.83. The van der Waals surface area contributed by atoms with E-state index in [0.717, 1.165) is 46.0 Å². The molecule has 0 fully saturated rings. The number of rotatable bonds is 5. The van der Waals surface area contributed by atoms with Crippen LogP contribution in [0.5, 0.6) is 5.75 Å². The Labute approximate surface area is 157 Å². The van der Waals surface area contributed by atoms with Gasteiger partial charge in [-0.1, -0.05) is 49.0 Å². The monoisotopic (exact) mass is 396 g/mol. The quantitative estimate of drug-likeness (QED) is 0.698. The van der Waals surface area contributed by atoms with Crippen molar-refractivity contribution in [2.75, 3.05) is 13.7 Å². The van der Waals surface area contributed by atoms with E-state index in [2.05, 4.69) is 57.7 Å². The summed E-state index contributed by atoms with van der Waals surface area (Å²) in [6, 6.07) is 18.4. The van der Waals surface area contributed by atoms with E-state index >= 15 is 0 Å². The zero-order chi connectivity index (χ0) is 17.8. The lowest BCUT2D eigenvalue weighted by Crippen LogP contribution is -2.35. The molecule has 3 nitrogen and oxygen atoms in total. The molecule has 1 heterocycles. The van der Waals surface area contributed by atoms with E-state index in [-0.39, 0.29) is 0 Å². The lowest BCUT2D eigenvalue weighted by molar-refractivity contribution is 0.414. The van der Waals surface area contributed by atoms with Crippen molar-refractivity contribution in [3.63, 3.8) is 0 Å². The van der Waals surface area contributed by atoms with Crippen molar-refractivity contribution in [1.29, 1.82) is 0 Å². The molecule has 0 bridgehead atoms. The number of ether oxygens (including phenoxy) is 1. The first-order chi connectivity index (χ1) is 12.1. The van der Waals surface area contributed by atoms with E-state index in [9.17, 15) is 0 Å². The Balaban J connectivity index is 1.93. The number of amidine groups is 1. The molecule has 0 unspecified atom stereocenters. The number of aliphatic imine (C=N–C) groups is 1. The summed E-state index contributed by atoms with van der Waals surface area (Å²) >= 11 is 3.62. The van der Waals surface area contributed by atoms with Crippen molar-refractivity contribution in [2.45, 2.75) is 13.3 Å². The highest BCUT2D eigenvalue weighted by Gasteiger charge is 2.24. The Hall–Kier alpha value is -2.33. The molecule has 0 amide bonds. The maximum absolute atomic E-state index is 5.37. The summed E-state index contributed by atoms with van der Waals surface area (Å²) in [4.78, 5) is 6.98. The number of allylic oxidation sites excluding steroid dienone is 2. The number of halogens is 1. The fourth-order valence-corrected chi connectivity index (χ4v) is 3.14. The Morgan fingerprint density at radius 2 is 1.88 bits per heavy atom. The van der Waals surface area contributed by atoms with Crippen LogP contribution in [0.3, 0.4) is 0 Å². The highest BCUT2D eigenvalue weighted by Crippen LogP contribution is 2.31. The molecule has 4 heteroatoms. The summed E-state index contributed by atoms with van der Waals surface area (Å²) in [6.45, 7) is 7.06. The number of hydrogen-bond donors (Lipinski definition) is 0. The van der Waals surface area contributed by atoms with Crippen LogP contribution >= 0.6 is 15.9 Å². The van der Waals surface area contributed by atoms with Crippen molar-refractivity contribution >= 4 is 21.8 Å². The first-order valence-corrected chi connectivity index (χ1v) is 8.99. The first kappa shape index (κ1) is 17.5. The molecular formula is C21H21BrN2O. The van der Waals surface area contributed by atoms with Gasteiger partial charge in [0.2, 0.25) is 0 Å². The maximum Gasteiger partial charge on any atom is 0.140 e. The molecule has 128 valence electrons. The average molecular weight is 397 g/mol. The minimum absolute atomic E-state index is 0.807. The van der Waals surface area contributed by atoms with Crippen LogP contribution in [0.15, 0.2) is 82.0 Å². The molecule has 3 rings (SSSR count). The van der Waals surface area contributed by atoms with Crippen molar-refractivity contribution in [1.82, 2.24) is 4.90 Å². The van der Waals surface area contributed by atoms with Crippen molar-refractivity contribution in [3.05, 3.63) is 88.2 Å². The Bertz CT molecular complexity index is 840. The third kappa shape index (κ3) is 3.85. The smallest absolute Gasteiger partial charge is 0.140 e. The van der Waals surface area contributed by atoms with E-state index in [1.807, 2.05) is 31.2 Å². The third-order valence-electron chi connectivity index (χ3n) is 4.22. The van der Waals surface area contributed by atoms with Gasteiger partial charge in [-0.2, -0.15) is 0 Å². The zero-order valence-corrected chi connectivity index (χ0v) is 16.1. The van der Waals surface area contributed by atoms with E-state index in [4.69, 9.17) is 9.73 Å². The Morgan fingerprint density at radius 3 is 2.60 bits per heavy atom. The molecule has 0 saturated heterocycles. The van der Waals surface area contributed by atoms with E-state index in [1.165, 1.54) is 5.56 Å². The molecular weight excluding hydrogens is 376 g/mol. The van der Waals surface area contributed by atoms with Gasteiger partial charge in [-0.05, 0) is 47.0 Å². The predicted octanol–water partition coefficient (Wildman–Crippen LogP) is 5.14. The number of methoxy groups -OCH3 is 1. The second-order valence-electron chi connectivity index (χ2n) is 5.90. The van der Waals surface area contributed by atoms with Gasteiger partial charge < -0.3 is 9.64 Å². The molecule has 0 N–H and O–H groups in total. The summed E-state index contributed by atoms with van der Waals surface area (Å²) in [5.41, 5.74) is 4.18. The van der Waals surface area contributed by atoms with Gasteiger partial charge in [-0.25, -0.2) is 4.99 Å². The Morgan fingerprint density at radius 1 is 1.12 bits per heavy atom. The summed E-state index contributed by atoms with van der Waals surface area (Å²) in [6.07, 6.45) is 0.919. The Kier molecular flexibility index (Phi) is 5.39. The van der Waals surface area contributed by atoms with Crippen molar-refractivity contribution in [3.8, 4) is 5.75 Å². The van der Waals surface area contributed by atoms with Crippen LogP contribution in [0.25, 0.3) is 0 Å². The van der Waals surface area contributed by atoms with Crippen LogP contribution in [0.4, 0.5) is 0 Å². The zero-order valence-electron chi connectivity index (χ0n) is 14.5. The van der Waals surface area contributed by atoms with E-state index < -0.39 is 0 Å². The van der Waals surface area contributed by atoms with Gasteiger partial charge in [-0.3, -0.25) is 0 Å². The highest BCUT2D eigenvalue weighted by molar-refractivity contribution is 9.12. The molecule has 0 saturated carbocycles. The molecule has 0 aromatic heterocycles. The van der Waals surface area contributed by atoms with Gasteiger partial charge in [0, 0.05) is 12.1 Å². The number of benzene rings is 2. The van der Waals surface area contributed by atoms with Gasteiger partial charge in [0.25, 0.3) is 0 Å². The van der Waals surface area contributed by atoms with E-state index in [0.29, 0.717) is 0 Å². The summed E-state index contributed by atoms with van der Waals surface area (Å²) in [7, 11) is 1.68.